The molecule has 2 rings (SSSR count). The summed E-state index contributed by atoms with van der Waals surface area (Å²) in [6.45, 7) is 1.79. The molecule has 1 aliphatic carbocycles. The van der Waals surface area contributed by atoms with Crippen molar-refractivity contribution in [3.63, 3.8) is 0 Å². The summed E-state index contributed by atoms with van der Waals surface area (Å²) in [4.78, 5) is 35.9. The number of rotatable bonds is 7. The first kappa shape index (κ1) is 18.3. The summed E-state index contributed by atoms with van der Waals surface area (Å²) >= 11 is 1.12. The second kappa shape index (κ2) is 7.70. The molecule has 7 heteroatoms. The van der Waals surface area contributed by atoms with Gasteiger partial charge >= 0.3 is 5.97 Å². The first-order chi connectivity index (χ1) is 11.4. The van der Waals surface area contributed by atoms with Crippen molar-refractivity contribution in [2.24, 2.45) is 11.1 Å². The Morgan fingerprint density at radius 3 is 2.50 bits per heavy atom. The van der Waals surface area contributed by atoms with Crippen LogP contribution >= 0.6 is 11.8 Å². The van der Waals surface area contributed by atoms with E-state index < -0.39 is 16.6 Å². The van der Waals surface area contributed by atoms with E-state index in [2.05, 4.69) is 5.32 Å². The van der Waals surface area contributed by atoms with Gasteiger partial charge < -0.3 is 16.2 Å². The summed E-state index contributed by atoms with van der Waals surface area (Å²) in [6.07, 6.45) is 3.24. The normalized spacial score (nSPS) is 17.2. The average Bonchev–Trinajstić information content (AvgIpc) is 3.03. The Kier molecular flexibility index (Phi) is 5.88. The maximum Gasteiger partial charge on any atom is 0.316 e. The molecule has 1 fully saturated rings. The van der Waals surface area contributed by atoms with Crippen LogP contribution in [0.15, 0.2) is 29.2 Å². The van der Waals surface area contributed by atoms with Crippen LogP contribution < -0.4 is 11.1 Å². The van der Waals surface area contributed by atoms with Crippen LogP contribution in [0.3, 0.4) is 0 Å². The maximum absolute atomic E-state index is 12.5. The van der Waals surface area contributed by atoms with Gasteiger partial charge in [-0.2, -0.15) is 0 Å². The van der Waals surface area contributed by atoms with Crippen LogP contribution in [-0.4, -0.2) is 34.7 Å². The summed E-state index contributed by atoms with van der Waals surface area (Å²) in [5, 5.41) is 11.2. The van der Waals surface area contributed by atoms with Gasteiger partial charge in [0.25, 0.3) is 5.91 Å². The third-order valence-electron chi connectivity index (χ3n) is 4.45. The Balaban J connectivity index is 2.10. The Hall–Kier alpha value is -2.02. The monoisotopic (exact) mass is 350 g/mol. The maximum atomic E-state index is 12.5. The molecule has 0 aromatic heterocycles. The van der Waals surface area contributed by atoms with E-state index in [0.717, 1.165) is 24.6 Å². The number of nitrogens with two attached hydrogens (primary N) is 1. The van der Waals surface area contributed by atoms with Crippen LogP contribution in [0.25, 0.3) is 0 Å². The van der Waals surface area contributed by atoms with Crippen LogP contribution in [-0.2, 0) is 9.59 Å². The number of amides is 2. The van der Waals surface area contributed by atoms with Crippen molar-refractivity contribution in [3.05, 3.63) is 29.8 Å². The molecule has 0 saturated heterocycles. The van der Waals surface area contributed by atoms with E-state index in [1.165, 1.54) is 0 Å². The smallest absolute Gasteiger partial charge is 0.316 e. The number of primary amides is 1. The summed E-state index contributed by atoms with van der Waals surface area (Å²) < 4.78 is 0. The van der Waals surface area contributed by atoms with E-state index in [4.69, 9.17) is 10.8 Å². The van der Waals surface area contributed by atoms with Gasteiger partial charge in [-0.3, -0.25) is 14.4 Å². The molecule has 1 unspecified atom stereocenters. The topological polar surface area (TPSA) is 109 Å². The van der Waals surface area contributed by atoms with Crippen LogP contribution in [0.1, 0.15) is 43.0 Å². The van der Waals surface area contributed by atoms with Gasteiger partial charge in [-0.05, 0) is 31.9 Å². The van der Waals surface area contributed by atoms with Crippen LogP contribution in [0, 0.1) is 5.41 Å². The highest BCUT2D eigenvalue weighted by atomic mass is 32.2. The Bertz CT molecular complexity index is 641. The van der Waals surface area contributed by atoms with Crippen molar-refractivity contribution in [3.8, 4) is 0 Å². The lowest BCUT2D eigenvalue weighted by molar-refractivity contribution is -0.136. The van der Waals surface area contributed by atoms with E-state index in [1.807, 2.05) is 0 Å². The predicted octanol–water partition coefficient (Wildman–Crippen LogP) is 2.03. The second-order valence-corrected chi connectivity index (χ2v) is 7.51. The van der Waals surface area contributed by atoms with E-state index in [9.17, 15) is 14.4 Å². The first-order valence-corrected chi connectivity index (χ1v) is 8.80. The Morgan fingerprint density at radius 2 is 1.92 bits per heavy atom. The lowest BCUT2D eigenvalue weighted by Gasteiger charge is -2.25. The fraction of sp³-hybridized carbons (Fsp3) is 0.471. The van der Waals surface area contributed by atoms with Gasteiger partial charge in [0.05, 0.1) is 11.0 Å². The number of carbonyl (C=O) groups excluding carboxylic acids is 2. The molecule has 130 valence electrons. The number of nitrogens with one attached hydrogen (secondary N) is 1. The number of benzene rings is 1. The molecule has 4 N–H and O–H groups in total. The van der Waals surface area contributed by atoms with Crippen LogP contribution in [0.5, 0.6) is 0 Å². The first-order valence-electron chi connectivity index (χ1n) is 7.92. The molecule has 0 heterocycles. The van der Waals surface area contributed by atoms with Crippen LogP contribution in [0.4, 0.5) is 0 Å². The number of thioether (sulfide) groups is 1. The van der Waals surface area contributed by atoms with E-state index in [0.29, 0.717) is 23.3 Å². The van der Waals surface area contributed by atoms with Crippen molar-refractivity contribution in [1.82, 2.24) is 5.32 Å². The summed E-state index contributed by atoms with van der Waals surface area (Å²) in [6, 6.07) is 6.86. The standard InChI is InChI=1S/C17H22N2O4S/c1-11(15(21)22)24-13-7-3-2-6-12(13)14(20)19-10-17(16(18)23)8-4-5-9-17/h2-3,6-7,11H,4-5,8-10H2,1H3,(H2,18,23)(H,19,20)(H,21,22). The molecule has 1 aromatic carbocycles. The molecule has 2 amide bonds. The summed E-state index contributed by atoms with van der Waals surface area (Å²) in [5.74, 6) is -1.63. The van der Waals surface area contributed by atoms with Crippen molar-refractivity contribution in [2.45, 2.75) is 42.8 Å². The fourth-order valence-electron chi connectivity index (χ4n) is 2.90. The molecular weight excluding hydrogens is 328 g/mol. The molecule has 1 saturated carbocycles. The molecular formula is C17H22N2O4S. The minimum Gasteiger partial charge on any atom is -0.480 e. The largest absolute Gasteiger partial charge is 0.480 e. The lowest BCUT2D eigenvalue weighted by Crippen LogP contribution is -2.44. The van der Waals surface area contributed by atoms with Crippen molar-refractivity contribution < 1.29 is 19.5 Å². The molecule has 1 atom stereocenters. The zero-order chi connectivity index (χ0) is 17.7. The zero-order valence-corrected chi connectivity index (χ0v) is 14.4. The second-order valence-electron chi connectivity index (χ2n) is 6.13. The van der Waals surface area contributed by atoms with Crippen molar-refractivity contribution in [1.29, 1.82) is 0 Å². The molecule has 0 bridgehead atoms. The molecule has 1 aromatic rings. The Labute approximate surface area is 145 Å². The SMILES string of the molecule is CC(Sc1ccccc1C(=O)NCC1(C(N)=O)CCCC1)C(=O)O. The minimum absolute atomic E-state index is 0.217. The highest BCUT2D eigenvalue weighted by Gasteiger charge is 2.39. The van der Waals surface area contributed by atoms with Gasteiger partial charge in [0, 0.05) is 11.4 Å². The van der Waals surface area contributed by atoms with Gasteiger partial charge in [-0.15, -0.1) is 11.8 Å². The molecule has 0 spiro atoms. The number of carboxylic acid groups (broad SMARTS) is 1. The van der Waals surface area contributed by atoms with E-state index in [1.54, 1.807) is 31.2 Å². The zero-order valence-electron chi connectivity index (χ0n) is 13.6. The van der Waals surface area contributed by atoms with E-state index >= 15 is 0 Å². The van der Waals surface area contributed by atoms with Gasteiger partial charge in [0.1, 0.15) is 5.25 Å². The highest BCUT2D eigenvalue weighted by molar-refractivity contribution is 8.00. The summed E-state index contributed by atoms with van der Waals surface area (Å²) in [5.41, 5.74) is 5.28. The molecule has 24 heavy (non-hydrogen) atoms. The Morgan fingerprint density at radius 1 is 1.29 bits per heavy atom. The van der Waals surface area contributed by atoms with Gasteiger partial charge in [0.2, 0.25) is 5.91 Å². The number of hydrogen-bond donors (Lipinski definition) is 3. The fourth-order valence-corrected chi connectivity index (χ4v) is 3.83. The average molecular weight is 350 g/mol. The van der Waals surface area contributed by atoms with Crippen molar-refractivity contribution in [2.75, 3.05) is 6.54 Å². The number of aliphatic carboxylic acids is 1. The number of carbonyl (C=O) groups is 3. The number of carboxylic acids is 1. The minimum atomic E-state index is -0.936. The van der Waals surface area contributed by atoms with E-state index in [-0.39, 0.29) is 18.4 Å². The molecule has 0 radical (unpaired) electrons. The predicted molar refractivity (Wildman–Crippen MR) is 91.8 cm³/mol. The summed E-state index contributed by atoms with van der Waals surface area (Å²) in [7, 11) is 0. The van der Waals surface area contributed by atoms with Gasteiger partial charge in [-0.1, -0.05) is 25.0 Å². The van der Waals surface area contributed by atoms with Crippen LogP contribution in [0.2, 0.25) is 0 Å². The molecule has 0 aliphatic heterocycles. The van der Waals surface area contributed by atoms with Crippen molar-refractivity contribution >= 4 is 29.5 Å². The number of hydrogen-bond acceptors (Lipinski definition) is 4. The van der Waals surface area contributed by atoms with Gasteiger partial charge in [-0.25, -0.2) is 0 Å². The molecule has 6 nitrogen and oxygen atoms in total. The highest BCUT2D eigenvalue weighted by Crippen LogP contribution is 2.37. The lowest BCUT2D eigenvalue weighted by atomic mass is 9.85. The quantitative estimate of drug-likeness (QED) is 0.652. The third kappa shape index (κ3) is 4.08. The third-order valence-corrected chi connectivity index (χ3v) is 5.62. The molecule has 1 aliphatic rings. The van der Waals surface area contributed by atoms with Gasteiger partial charge in [0.15, 0.2) is 0 Å².